The summed E-state index contributed by atoms with van der Waals surface area (Å²) in [6, 6.07) is 0. The van der Waals surface area contributed by atoms with Gasteiger partial charge in [-0.05, 0) is 30.2 Å². The summed E-state index contributed by atoms with van der Waals surface area (Å²) in [6.07, 6.45) is 1.55. The molecular formula is C8H17NO3S. The van der Waals surface area contributed by atoms with Crippen LogP contribution >= 0.6 is 0 Å². The SMILES string of the molecule is CC1(C)CC(CN)(CS(=O)(=O)O)C1. The first-order valence-corrected chi connectivity index (χ1v) is 5.94. The molecule has 1 fully saturated rings. The molecule has 0 unspecified atom stereocenters. The molecule has 0 amide bonds. The van der Waals surface area contributed by atoms with Crippen LogP contribution in [0.3, 0.4) is 0 Å². The molecule has 0 atom stereocenters. The van der Waals surface area contributed by atoms with E-state index in [0.29, 0.717) is 6.54 Å². The minimum absolute atomic E-state index is 0.171. The lowest BCUT2D eigenvalue weighted by Gasteiger charge is -2.52. The van der Waals surface area contributed by atoms with Gasteiger partial charge in [0.05, 0.1) is 5.75 Å². The second kappa shape index (κ2) is 2.93. The van der Waals surface area contributed by atoms with Crippen LogP contribution in [0.25, 0.3) is 0 Å². The number of hydrogen-bond acceptors (Lipinski definition) is 3. The monoisotopic (exact) mass is 207 g/mol. The zero-order valence-corrected chi connectivity index (χ0v) is 8.89. The van der Waals surface area contributed by atoms with Crippen LogP contribution in [0.5, 0.6) is 0 Å². The fourth-order valence-corrected chi connectivity index (χ4v) is 3.77. The molecule has 0 aliphatic heterocycles. The van der Waals surface area contributed by atoms with Crippen molar-refractivity contribution >= 4 is 10.1 Å². The smallest absolute Gasteiger partial charge is 0.265 e. The van der Waals surface area contributed by atoms with Gasteiger partial charge in [-0.15, -0.1) is 0 Å². The van der Waals surface area contributed by atoms with Crippen molar-refractivity contribution in [1.29, 1.82) is 0 Å². The standard InChI is InChI=1S/C8H17NO3S/c1-7(2)3-8(4-7,5-9)6-13(10,11)12/h3-6,9H2,1-2H3,(H,10,11,12). The lowest BCUT2D eigenvalue weighted by molar-refractivity contribution is 0.0131. The van der Waals surface area contributed by atoms with Crippen molar-refractivity contribution in [3.8, 4) is 0 Å². The summed E-state index contributed by atoms with van der Waals surface area (Å²) in [5.41, 5.74) is 5.31. The van der Waals surface area contributed by atoms with Gasteiger partial charge in [0.2, 0.25) is 0 Å². The summed E-state index contributed by atoms with van der Waals surface area (Å²) < 4.78 is 30.2. The van der Waals surface area contributed by atoms with E-state index < -0.39 is 10.1 Å². The van der Waals surface area contributed by atoms with Crippen LogP contribution in [0.4, 0.5) is 0 Å². The van der Waals surface area contributed by atoms with Gasteiger partial charge >= 0.3 is 0 Å². The van der Waals surface area contributed by atoms with Crippen LogP contribution in [0, 0.1) is 10.8 Å². The number of rotatable bonds is 3. The molecule has 0 bridgehead atoms. The second-order valence-corrected chi connectivity index (χ2v) is 6.40. The van der Waals surface area contributed by atoms with Crippen molar-refractivity contribution in [2.45, 2.75) is 26.7 Å². The first-order chi connectivity index (χ1) is 5.68. The van der Waals surface area contributed by atoms with E-state index in [1.165, 1.54) is 0 Å². The highest BCUT2D eigenvalue weighted by atomic mass is 32.2. The first-order valence-electron chi connectivity index (χ1n) is 4.33. The molecule has 3 N–H and O–H groups in total. The number of nitrogens with two attached hydrogens (primary N) is 1. The fourth-order valence-electron chi connectivity index (χ4n) is 2.67. The van der Waals surface area contributed by atoms with Crippen molar-refractivity contribution in [1.82, 2.24) is 0 Å². The zero-order valence-electron chi connectivity index (χ0n) is 8.08. The third kappa shape index (κ3) is 2.65. The van der Waals surface area contributed by atoms with Crippen molar-refractivity contribution in [2.75, 3.05) is 12.3 Å². The topological polar surface area (TPSA) is 80.4 Å². The molecule has 0 heterocycles. The van der Waals surface area contributed by atoms with Gasteiger partial charge in [0.15, 0.2) is 0 Å². The highest BCUT2D eigenvalue weighted by molar-refractivity contribution is 7.85. The molecule has 13 heavy (non-hydrogen) atoms. The molecule has 1 saturated carbocycles. The third-order valence-electron chi connectivity index (χ3n) is 2.63. The average molecular weight is 207 g/mol. The highest BCUT2D eigenvalue weighted by Gasteiger charge is 2.50. The Labute approximate surface area is 79.3 Å². The molecule has 0 saturated heterocycles. The fraction of sp³-hybridized carbons (Fsp3) is 1.00. The molecule has 5 heteroatoms. The van der Waals surface area contributed by atoms with Crippen LogP contribution in [-0.2, 0) is 10.1 Å². The molecule has 0 radical (unpaired) electrons. The van der Waals surface area contributed by atoms with E-state index in [1.807, 2.05) is 0 Å². The maximum absolute atomic E-state index is 10.7. The van der Waals surface area contributed by atoms with Gasteiger partial charge in [0.25, 0.3) is 10.1 Å². The lowest BCUT2D eigenvalue weighted by atomic mass is 9.55. The van der Waals surface area contributed by atoms with Crippen molar-refractivity contribution in [3.63, 3.8) is 0 Å². The molecule has 78 valence electrons. The highest BCUT2D eigenvalue weighted by Crippen LogP contribution is 2.53. The predicted molar refractivity (Wildman–Crippen MR) is 50.9 cm³/mol. The molecule has 0 aromatic rings. The Balaban J connectivity index is 2.67. The van der Waals surface area contributed by atoms with Gasteiger partial charge in [0, 0.05) is 0 Å². The van der Waals surface area contributed by atoms with E-state index in [0.717, 1.165) is 12.8 Å². The van der Waals surface area contributed by atoms with E-state index in [9.17, 15) is 8.42 Å². The van der Waals surface area contributed by atoms with Gasteiger partial charge in [0.1, 0.15) is 0 Å². The molecule has 1 aliphatic carbocycles. The van der Waals surface area contributed by atoms with E-state index >= 15 is 0 Å². The maximum atomic E-state index is 10.7. The molecular weight excluding hydrogens is 190 g/mol. The van der Waals surface area contributed by atoms with Crippen molar-refractivity contribution in [3.05, 3.63) is 0 Å². The van der Waals surface area contributed by atoms with Gasteiger partial charge < -0.3 is 5.73 Å². The van der Waals surface area contributed by atoms with Crippen molar-refractivity contribution < 1.29 is 13.0 Å². The Morgan fingerprint density at radius 3 is 2.08 bits per heavy atom. The van der Waals surface area contributed by atoms with Crippen LogP contribution < -0.4 is 5.73 Å². The Morgan fingerprint density at radius 1 is 1.38 bits per heavy atom. The van der Waals surface area contributed by atoms with Crippen LogP contribution in [0.15, 0.2) is 0 Å². The average Bonchev–Trinajstić information content (AvgIpc) is 1.79. The van der Waals surface area contributed by atoms with Gasteiger partial charge in [-0.25, -0.2) is 0 Å². The number of hydrogen-bond donors (Lipinski definition) is 2. The Bertz CT molecular complexity index is 287. The summed E-state index contributed by atoms with van der Waals surface area (Å²) in [4.78, 5) is 0. The second-order valence-electron chi connectivity index (χ2n) is 4.95. The van der Waals surface area contributed by atoms with Gasteiger partial charge in [-0.2, -0.15) is 8.42 Å². The summed E-state index contributed by atoms with van der Waals surface area (Å²) >= 11 is 0. The first kappa shape index (κ1) is 10.9. The molecule has 0 aromatic heterocycles. The minimum Gasteiger partial charge on any atom is -0.330 e. The normalized spacial score (nSPS) is 25.2. The van der Waals surface area contributed by atoms with Gasteiger partial charge in [-0.3, -0.25) is 4.55 Å². The molecule has 0 aromatic carbocycles. The summed E-state index contributed by atoms with van der Waals surface area (Å²) in [6.45, 7) is 4.48. The van der Waals surface area contributed by atoms with Crippen molar-refractivity contribution in [2.24, 2.45) is 16.6 Å². The molecule has 1 aliphatic rings. The molecule has 1 rings (SSSR count). The van der Waals surface area contributed by atoms with E-state index in [-0.39, 0.29) is 16.6 Å². The molecule has 4 nitrogen and oxygen atoms in total. The summed E-state index contributed by atoms with van der Waals surface area (Å²) in [5.74, 6) is -0.195. The third-order valence-corrected chi connectivity index (χ3v) is 3.61. The predicted octanol–water partition coefficient (Wildman–Crippen LogP) is 0.639. The Morgan fingerprint density at radius 2 is 1.85 bits per heavy atom. The molecule has 0 spiro atoms. The Kier molecular flexibility index (Phi) is 2.47. The van der Waals surface area contributed by atoms with Crippen LogP contribution in [-0.4, -0.2) is 25.3 Å². The largest absolute Gasteiger partial charge is 0.330 e. The summed E-state index contributed by atoms with van der Waals surface area (Å²) in [7, 11) is -3.88. The van der Waals surface area contributed by atoms with Gasteiger partial charge in [-0.1, -0.05) is 13.8 Å². The quantitative estimate of drug-likeness (QED) is 0.665. The van der Waals surface area contributed by atoms with Crippen LogP contribution in [0.2, 0.25) is 0 Å². The minimum atomic E-state index is -3.88. The van der Waals surface area contributed by atoms with E-state index in [1.54, 1.807) is 0 Å². The van der Waals surface area contributed by atoms with E-state index in [2.05, 4.69) is 13.8 Å². The van der Waals surface area contributed by atoms with E-state index in [4.69, 9.17) is 10.3 Å². The summed E-state index contributed by atoms with van der Waals surface area (Å²) in [5, 5.41) is 0. The lowest BCUT2D eigenvalue weighted by Crippen LogP contribution is -2.51. The Hall–Kier alpha value is -0.130. The van der Waals surface area contributed by atoms with Crippen LogP contribution in [0.1, 0.15) is 26.7 Å². The zero-order chi connectivity index (χ0) is 10.3. The maximum Gasteiger partial charge on any atom is 0.265 e.